The summed E-state index contributed by atoms with van der Waals surface area (Å²) in [6.45, 7) is 2.16. The van der Waals surface area contributed by atoms with Crippen LogP contribution in [0.15, 0.2) is 36.7 Å². The third-order valence-electron chi connectivity index (χ3n) is 5.45. The largest absolute Gasteiger partial charge is 0.347 e. The number of aromatic nitrogens is 4. The van der Waals surface area contributed by atoms with Gasteiger partial charge in [0, 0.05) is 23.5 Å². The van der Waals surface area contributed by atoms with Gasteiger partial charge in [-0.1, -0.05) is 24.3 Å². The van der Waals surface area contributed by atoms with Crippen molar-refractivity contribution in [2.45, 2.75) is 37.8 Å². The van der Waals surface area contributed by atoms with Crippen molar-refractivity contribution in [3.8, 4) is 22.5 Å². The molecule has 2 aliphatic rings. The van der Waals surface area contributed by atoms with E-state index in [0.717, 1.165) is 60.1 Å². The Balaban J connectivity index is 1.34. The SMILES string of the molecule is c1cc(-c2c[nH]c([C@@H]3CCCN3)n2)ccc1-c1c[nH]c([C@@H]2CCCN2)n1. The second-order valence-electron chi connectivity index (χ2n) is 7.22. The van der Waals surface area contributed by atoms with Crippen LogP contribution in [-0.4, -0.2) is 33.0 Å². The molecule has 2 atom stereocenters. The van der Waals surface area contributed by atoms with Crippen molar-refractivity contribution < 1.29 is 0 Å². The maximum Gasteiger partial charge on any atom is 0.124 e. The topological polar surface area (TPSA) is 81.4 Å². The van der Waals surface area contributed by atoms with Crippen molar-refractivity contribution in [2.75, 3.05) is 13.1 Å². The number of benzene rings is 1. The molecule has 6 heteroatoms. The van der Waals surface area contributed by atoms with Crippen LogP contribution in [0.2, 0.25) is 0 Å². The minimum Gasteiger partial charge on any atom is -0.347 e. The van der Waals surface area contributed by atoms with Gasteiger partial charge in [0.2, 0.25) is 0 Å². The molecule has 0 spiro atoms. The third-order valence-corrected chi connectivity index (χ3v) is 5.45. The first-order valence-corrected chi connectivity index (χ1v) is 9.55. The van der Waals surface area contributed by atoms with Crippen molar-refractivity contribution in [2.24, 2.45) is 0 Å². The van der Waals surface area contributed by atoms with Crippen LogP contribution in [0, 0.1) is 0 Å². The zero-order valence-electron chi connectivity index (χ0n) is 14.8. The molecule has 4 heterocycles. The number of H-pyrrole nitrogens is 2. The van der Waals surface area contributed by atoms with Gasteiger partial charge in [0.05, 0.1) is 23.5 Å². The van der Waals surface area contributed by atoms with Gasteiger partial charge >= 0.3 is 0 Å². The molecule has 0 unspecified atom stereocenters. The highest BCUT2D eigenvalue weighted by molar-refractivity contribution is 5.66. The first-order chi connectivity index (χ1) is 12.9. The predicted octanol–water partition coefficient (Wildman–Crippen LogP) is 3.32. The molecular formula is C20H24N6. The highest BCUT2D eigenvalue weighted by atomic mass is 15.0. The van der Waals surface area contributed by atoms with E-state index in [9.17, 15) is 0 Å². The number of imidazole rings is 2. The van der Waals surface area contributed by atoms with Crippen LogP contribution in [-0.2, 0) is 0 Å². The number of nitrogens with zero attached hydrogens (tertiary/aromatic N) is 2. The van der Waals surface area contributed by atoms with Gasteiger partial charge in [-0.25, -0.2) is 9.97 Å². The summed E-state index contributed by atoms with van der Waals surface area (Å²) >= 11 is 0. The normalized spacial score (nSPS) is 22.9. The predicted molar refractivity (Wildman–Crippen MR) is 102 cm³/mol. The van der Waals surface area contributed by atoms with Gasteiger partial charge in [0.15, 0.2) is 0 Å². The van der Waals surface area contributed by atoms with Gasteiger partial charge in [0.25, 0.3) is 0 Å². The molecule has 1 aromatic carbocycles. The highest BCUT2D eigenvalue weighted by Crippen LogP contribution is 2.27. The maximum absolute atomic E-state index is 4.77. The molecule has 0 amide bonds. The van der Waals surface area contributed by atoms with E-state index in [-0.39, 0.29) is 0 Å². The summed E-state index contributed by atoms with van der Waals surface area (Å²) in [4.78, 5) is 16.2. The molecule has 0 aliphatic carbocycles. The molecule has 4 N–H and O–H groups in total. The van der Waals surface area contributed by atoms with Gasteiger partial charge in [-0.2, -0.15) is 0 Å². The maximum atomic E-state index is 4.77. The Morgan fingerprint density at radius 3 is 1.54 bits per heavy atom. The van der Waals surface area contributed by atoms with E-state index in [1.54, 1.807) is 0 Å². The Kier molecular flexibility index (Phi) is 4.07. The molecule has 0 bridgehead atoms. The van der Waals surface area contributed by atoms with E-state index in [0.29, 0.717) is 12.1 Å². The summed E-state index contributed by atoms with van der Waals surface area (Å²) < 4.78 is 0. The fraction of sp³-hybridized carbons (Fsp3) is 0.400. The molecule has 0 saturated carbocycles. The Bertz CT molecular complexity index is 793. The number of rotatable bonds is 4. The van der Waals surface area contributed by atoms with Crippen molar-refractivity contribution >= 4 is 0 Å². The van der Waals surface area contributed by atoms with Crippen LogP contribution in [0.25, 0.3) is 22.5 Å². The highest BCUT2D eigenvalue weighted by Gasteiger charge is 2.20. The van der Waals surface area contributed by atoms with Gasteiger partial charge < -0.3 is 20.6 Å². The molecular weight excluding hydrogens is 324 g/mol. The lowest BCUT2D eigenvalue weighted by atomic mass is 10.1. The third kappa shape index (κ3) is 2.95. The summed E-state index contributed by atoms with van der Waals surface area (Å²) in [6.07, 6.45) is 8.76. The van der Waals surface area contributed by atoms with E-state index in [1.165, 1.54) is 12.8 Å². The molecule has 2 aliphatic heterocycles. The quantitative estimate of drug-likeness (QED) is 0.583. The van der Waals surface area contributed by atoms with Crippen LogP contribution >= 0.6 is 0 Å². The molecule has 5 rings (SSSR count). The zero-order valence-corrected chi connectivity index (χ0v) is 14.8. The molecule has 6 nitrogen and oxygen atoms in total. The lowest BCUT2D eigenvalue weighted by Gasteiger charge is -2.05. The van der Waals surface area contributed by atoms with Crippen molar-refractivity contribution in [1.29, 1.82) is 0 Å². The average Bonchev–Trinajstić information content (AvgIpc) is 3.49. The van der Waals surface area contributed by atoms with Crippen LogP contribution in [0.3, 0.4) is 0 Å². The van der Waals surface area contributed by atoms with Crippen LogP contribution in [0.5, 0.6) is 0 Å². The first kappa shape index (κ1) is 15.8. The van der Waals surface area contributed by atoms with Gasteiger partial charge in [-0.15, -0.1) is 0 Å². The summed E-state index contributed by atoms with van der Waals surface area (Å²) in [5.41, 5.74) is 4.25. The second-order valence-corrected chi connectivity index (χ2v) is 7.22. The zero-order chi connectivity index (χ0) is 17.3. The number of hydrogen-bond acceptors (Lipinski definition) is 4. The Labute approximate surface area is 152 Å². The molecule has 3 aromatic rings. The lowest BCUT2D eigenvalue weighted by Crippen LogP contribution is -2.14. The summed E-state index contributed by atoms with van der Waals surface area (Å²) in [6, 6.07) is 9.24. The molecule has 2 fully saturated rings. The van der Waals surface area contributed by atoms with Crippen LogP contribution in [0.1, 0.15) is 49.4 Å². The van der Waals surface area contributed by atoms with E-state index >= 15 is 0 Å². The van der Waals surface area contributed by atoms with E-state index in [4.69, 9.17) is 9.97 Å². The van der Waals surface area contributed by atoms with Gasteiger partial charge in [-0.05, 0) is 38.8 Å². The smallest absolute Gasteiger partial charge is 0.124 e. The fourth-order valence-electron chi connectivity index (χ4n) is 3.97. The number of hydrogen-bond donors (Lipinski definition) is 4. The standard InChI is InChI=1S/C20H24N6/c1-3-15(21-9-1)19-23-11-17(25-19)13-5-7-14(8-6-13)18-12-24-20(26-18)16-4-2-10-22-16/h5-8,11-12,15-16,21-22H,1-4,9-10H2,(H,23,25)(H,24,26)/t15-,16-/m0/s1. The number of nitrogens with one attached hydrogen (secondary N) is 4. The number of aromatic amines is 2. The van der Waals surface area contributed by atoms with Crippen LogP contribution in [0.4, 0.5) is 0 Å². The van der Waals surface area contributed by atoms with Crippen molar-refractivity contribution in [1.82, 2.24) is 30.6 Å². The molecule has 2 saturated heterocycles. The van der Waals surface area contributed by atoms with Crippen molar-refractivity contribution in [3.63, 3.8) is 0 Å². The van der Waals surface area contributed by atoms with E-state index < -0.39 is 0 Å². The van der Waals surface area contributed by atoms with Gasteiger partial charge in [-0.3, -0.25) is 0 Å². The molecule has 26 heavy (non-hydrogen) atoms. The van der Waals surface area contributed by atoms with Crippen LogP contribution < -0.4 is 10.6 Å². The van der Waals surface area contributed by atoms with Crippen molar-refractivity contribution in [3.05, 3.63) is 48.3 Å². The van der Waals surface area contributed by atoms with E-state index in [2.05, 4.69) is 44.9 Å². The lowest BCUT2D eigenvalue weighted by molar-refractivity contribution is 0.613. The molecule has 2 aromatic heterocycles. The molecule has 0 radical (unpaired) electrons. The van der Waals surface area contributed by atoms with E-state index in [1.807, 2.05) is 12.4 Å². The minimum atomic E-state index is 0.370. The first-order valence-electron chi connectivity index (χ1n) is 9.55. The Hall–Kier alpha value is -2.44. The minimum absolute atomic E-state index is 0.370. The van der Waals surface area contributed by atoms with Gasteiger partial charge in [0.1, 0.15) is 11.6 Å². The summed E-state index contributed by atoms with van der Waals surface area (Å²) in [7, 11) is 0. The Morgan fingerprint density at radius 1 is 0.692 bits per heavy atom. The second kappa shape index (κ2) is 6.70. The summed E-state index contributed by atoms with van der Waals surface area (Å²) in [5.74, 6) is 2.09. The monoisotopic (exact) mass is 348 g/mol. The summed E-state index contributed by atoms with van der Waals surface area (Å²) in [5, 5.41) is 6.97. The fourth-order valence-corrected chi connectivity index (χ4v) is 3.97. The average molecular weight is 348 g/mol. The Morgan fingerprint density at radius 2 is 1.15 bits per heavy atom. The molecule has 134 valence electrons.